The van der Waals surface area contributed by atoms with E-state index < -0.39 is 0 Å². The topological polar surface area (TPSA) is 40.1 Å². The molecule has 0 aliphatic carbocycles. The Morgan fingerprint density at radius 1 is 1.26 bits per heavy atom. The molecule has 2 fully saturated rings. The Labute approximate surface area is 119 Å². The molecule has 2 saturated heterocycles. The molecule has 0 radical (unpaired) electrons. The molecular formula is C13H23N5S. The molecule has 3 heterocycles. The van der Waals surface area contributed by atoms with Crippen molar-refractivity contribution in [2.24, 2.45) is 0 Å². The lowest BCUT2D eigenvalue weighted by Crippen LogP contribution is -2.41. The number of aromatic amines is 1. The lowest BCUT2D eigenvalue weighted by Gasteiger charge is -2.32. The molecule has 1 N–H and O–H groups in total. The van der Waals surface area contributed by atoms with Crippen LogP contribution in [0.2, 0.25) is 0 Å². The number of likely N-dealkylation sites (tertiary alicyclic amines) is 1. The highest BCUT2D eigenvalue weighted by Gasteiger charge is 2.30. The second-order valence-electron chi connectivity index (χ2n) is 5.56. The van der Waals surface area contributed by atoms with Gasteiger partial charge in [-0.15, -0.1) is 5.10 Å². The predicted octanol–water partition coefficient (Wildman–Crippen LogP) is 2.03. The van der Waals surface area contributed by atoms with Gasteiger partial charge in [0.05, 0.1) is 0 Å². The van der Waals surface area contributed by atoms with Crippen LogP contribution in [-0.2, 0) is 6.54 Å². The van der Waals surface area contributed by atoms with Crippen molar-refractivity contribution >= 4 is 18.2 Å². The Balaban J connectivity index is 1.69. The van der Waals surface area contributed by atoms with Gasteiger partial charge in [0.25, 0.3) is 0 Å². The molecule has 0 aromatic carbocycles. The van der Waals surface area contributed by atoms with Crippen molar-refractivity contribution in [3.8, 4) is 0 Å². The van der Waals surface area contributed by atoms with Crippen molar-refractivity contribution in [2.45, 2.75) is 45.2 Å². The molecule has 1 aromatic heterocycles. The Morgan fingerprint density at radius 3 is 2.79 bits per heavy atom. The zero-order chi connectivity index (χ0) is 13.2. The number of rotatable bonds is 3. The normalized spacial score (nSPS) is 25.1. The van der Waals surface area contributed by atoms with E-state index in [2.05, 4.69) is 31.5 Å². The van der Waals surface area contributed by atoms with Crippen LogP contribution >= 0.6 is 12.2 Å². The largest absolute Gasteiger partial charge is 0.339 e. The first-order valence-electron chi connectivity index (χ1n) is 7.44. The van der Waals surface area contributed by atoms with E-state index in [1.54, 1.807) is 0 Å². The minimum Gasteiger partial charge on any atom is -0.339 e. The van der Waals surface area contributed by atoms with E-state index in [4.69, 9.17) is 12.2 Å². The maximum atomic E-state index is 5.27. The van der Waals surface area contributed by atoms with E-state index >= 15 is 0 Å². The number of nitrogens with one attached hydrogen (secondary N) is 1. The van der Waals surface area contributed by atoms with E-state index in [1.165, 1.54) is 38.8 Å². The molecule has 0 bridgehead atoms. The van der Waals surface area contributed by atoms with Gasteiger partial charge in [-0.05, 0) is 51.5 Å². The van der Waals surface area contributed by atoms with Crippen LogP contribution in [0.4, 0.5) is 5.95 Å². The van der Waals surface area contributed by atoms with E-state index in [1.807, 2.05) is 0 Å². The Hall–Kier alpha value is -0.880. The number of nitrogens with zero attached hydrogens (tertiary/aromatic N) is 4. The van der Waals surface area contributed by atoms with Gasteiger partial charge in [-0.2, -0.15) is 0 Å². The van der Waals surface area contributed by atoms with Gasteiger partial charge in [0.1, 0.15) is 0 Å². The van der Waals surface area contributed by atoms with E-state index in [0.29, 0.717) is 6.04 Å². The summed E-state index contributed by atoms with van der Waals surface area (Å²) in [6.07, 6.45) is 5.39. The number of aromatic nitrogens is 3. The summed E-state index contributed by atoms with van der Waals surface area (Å²) in [6, 6.07) is 0.705. The van der Waals surface area contributed by atoms with E-state index in [0.717, 1.165) is 30.4 Å². The van der Waals surface area contributed by atoms with Crippen molar-refractivity contribution in [3.05, 3.63) is 4.77 Å². The quantitative estimate of drug-likeness (QED) is 0.861. The summed E-state index contributed by atoms with van der Waals surface area (Å²) in [4.78, 5) is 5.05. The third-order valence-electron chi connectivity index (χ3n) is 4.41. The van der Waals surface area contributed by atoms with Gasteiger partial charge in [0.2, 0.25) is 5.95 Å². The SMILES string of the molecule is CCn1c(N2CCC(N3CCCCC3)C2)n[nH]c1=S. The van der Waals surface area contributed by atoms with Crippen LogP contribution in [0.15, 0.2) is 0 Å². The molecule has 2 aliphatic rings. The monoisotopic (exact) mass is 281 g/mol. The fourth-order valence-corrected chi connectivity index (χ4v) is 3.60. The maximum Gasteiger partial charge on any atom is 0.225 e. The predicted molar refractivity (Wildman–Crippen MR) is 79.1 cm³/mol. The smallest absolute Gasteiger partial charge is 0.225 e. The number of hydrogen-bond donors (Lipinski definition) is 1. The molecule has 1 aromatic rings. The first-order chi connectivity index (χ1) is 9.29. The number of anilines is 1. The first kappa shape index (κ1) is 13.1. The first-order valence-corrected chi connectivity index (χ1v) is 7.84. The van der Waals surface area contributed by atoms with E-state index in [-0.39, 0.29) is 0 Å². The lowest BCUT2D eigenvalue weighted by molar-refractivity contribution is 0.174. The van der Waals surface area contributed by atoms with Crippen LogP contribution in [0.25, 0.3) is 0 Å². The van der Waals surface area contributed by atoms with Crippen LogP contribution in [-0.4, -0.2) is 51.9 Å². The van der Waals surface area contributed by atoms with Crippen LogP contribution in [0.3, 0.4) is 0 Å². The second kappa shape index (κ2) is 5.63. The van der Waals surface area contributed by atoms with Gasteiger partial charge < -0.3 is 4.90 Å². The zero-order valence-electron chi connectivity index (χ0n) is 11.6. The minimum atomic E-state index is 0.705. The molecule has 1 unspecified atom stereocenters. The standard InChI is InChI=1S/C13H23N5S/c1-2-18-12(14-15-13(18)19)17-9-6-11(10-17)16-7-4-3-5-8-16/h11H,2-10H2,1H3,(H,15,19). The number of piperidine rings is 1. The summed E-state index contributed by atoms with van der Waals surface area (Å²) in [5.41, 5.74) is 0. The second-order valence-corrected chi connectivity index (χ2v) is 5.94. The summed E-state index contributed by atoms with van der Waals surface area (Å²) >= 11 is 5.27. The van der Waals surface area contributed by atoms with Crippen LogP contribution in [0, 0.1) is 4.77 Å². The fourth-order valence-electron chi connectivity index (χ4n) is 3.34. The van der Waals surface area contributed by atoms with Crippen molar-refractivity contribution in [2.75, 3.05) is 31.1 Å². The van der Waals surface area contributed by atoms with Crippen molar-refractivity contribution < 1.29 is 0 Å². The maximum absolute atomic E-state index is 5.27. The van der Waals surface area contributed by atoms with Gasteiger partial charge >= 0.3 is 0 Å². The van der Waals surface area contributed by atoms with Gasteiger partial charge in [-0.3, -0.25) is 9.47 Å². The van der Waals surface area contributed by atoms with E-state index in [9.17, 15) is 0 Å². The Bertz CT molecular complexity index is 474. The molecule has 106 valence electrons. The average Bonchev–Trinajstić information content (AvgIpc) is 3.06. The highest BCUT2D eigenvalue weighted by atomic mass is 32.1. The van der Waals surface area contributed by atoms with Crippen molar-refractivity contribution in [1.82, 2.24) is 19.7 Å². The summed E-state index contributed by atoms with van der Waals surface area (Å²) in [5, 5.41) is 7.32. The molecular weight excluding hydrogens is 258 g/mol. The highest BCUT2D eigenvalue weighted by molar-refractivity contribution is 7.71. The van der Waals surface area contributed by atoms with Gasteiger partial charge in [0.15, 0.2) is 4.77 Å². The molecule has 2 aliphatic heterocycles. The zero-order valence-corrected chi connectivity index (χ0v) is 12.5. The third-order valence-corrected chi connectivity index (χ3v) is 4.72. The van der Waals surface area contributed by atoms with Gasteiger partial charge in [-0.25, -0.2) is 5.10 Å². The number of H-pyrrole nitrogens is 1. The molecule has 0 saturated carbocycles. The number of hydrogen-bond acceptors (Lipinski definition) is 4. The summed E-state index contributed by atoms with van der Waals surface area (Å²) in [5.74, 6) is 1.02. The minimum absolute atomic E-state index is 0.705. The summed E-state index contributed by atoms with van der Waals surface area (Å²) < 4.78 is 2.83. The third kappa shape index (κ3) is 2.56. The van der Waals surface area contributed by atoms with Crippen LogP contribution < -0.4 is 4.90 Å². The fraction of sp³-hybridized carbons (Fsp3) is 0.846. The molecule has 1 atom stereocenters. The highest BCUT2D eigenvalue weighted by Crippen LogP contribution is 2.23. The van der Waals surface area contributed by atoms with Crippen LogP contribution in [0.1, 0.15) is 32.6 Å². The summed E-state index contributed by atoms with van der Waals surface area (Å²) in [6.45, 7) is 7.75. The molecule has 0 amide bonds. The molecule has 3 rings (SSSR count). The van der Waals surface area contributed by atoms with Gasteiger partial charge in [-0.1, -0.05) is 6.42 Å². The lowest BCUT2D eigenvalue weighted by atomic mass is 10.1. The molecule has 6 heteroatoms. The van der Waals surface area contributed by atoms with Crippen molar-refractivity contribution in [3.63, 3.8) is 0 Å². The van der Waals surface area contributed by atoms with Crippen LogP contribution in [0.5, 0.6) is 0 Å². The van der Waals surface area contributed by atoms with Gasteiger partial charge in [0, 0.05) is 25.7 Å². The molecule has 0 spiro atoms. The Morgan fingerprint density at radius 2 is 2.05 bits per heavy atom. The average molecular weight is 281 g/mol. The molecule has 19 heavy (non-hydrogen) atoms. The molecule has 5 nitrogen and oxygen atoms in total. The summed E-state index contributed by atoms with van der Waals surface area (Å²) in [7, 11) is 0. The Kier molecular flexibility index (Phi) is 3.88. The van der Waals surface area contributed by atoms with Crippen molar-refractivity contribution in [1.29, 1.82) is 0 Å².